The number of nitro groups is 1. The van der Waals surface area contributed by atoms with Crippen molar-refractivity contribution in [2.75, 3.05) is 5.43 Å². The van der Waals surface area contributed by atoms with E-state index in [1.165, 1.54) is 0 Å². The molecule has 0 saturated carbocycles. The van der Waals surface area contributed by atoms with E-state index in [9.17, 15) is 23.3 Å². The van der Waals surface area contributed by atoms with Crippen molar-refractivity contribution >= 4 is 23.8 Å². The molecule has 1 rings (SSSR count). The second-order valence-electron chi connectivity index (χ2n) is 2.63. The minimum atomic E-state index is -4.86. The predicted molar refractivity (Wildman–Crippen MR) is 54.8 cm³/mol. The van der Waals surface area contributed by atoms with Gasteiger partial charge in [-0.1, -0.05) is 0 Å². The first-order valence-corrected chi connectivity index (χ1v) is 3.84. The van der Waals surface area contributed by atoms with Crippen LogP contribution in [-0.4, -0.2) is 11.3 Å². The molecule has 0 aliphatic rings. The molecule has 6 nitrogen and oxygen atoms in total. The molecule has 0 atom stereocenters. The number of hydrogen-bond acceptors (Lipinski definition) is 5. The highest BCUT2D eigenvalue weighted by atomic mass is 35.5. The predicted octanol–water partition coefficient (Wildman–Crippen LogP) is 2.20. The maximum atomic E-state index is 11.8. The van der Waals surface area contributed by atoms with E-state index in [1.54, 1.807) is 0 Å². The van der Waals surface area contributed by atoms with Crippen LogP contribution in [-0.2, 0) is 0 Å². The highest BCUT2D eigenvalue weighted by Gasteiger charge is 2.31. The van der Waals surface area contributed by atoms with Crippen molar-refractivity contribution in [3.05, 3.63) is 28.3 Å². The van der Waals surface area contributed by atoms with E-state index in [-0.39, 0.29) is 18.1 Å². The van der Waals surface area contributed by atoms with Gasteiger partial charge in [-0.25, -0.2) is 0 Å². The zero-order chi connectivity index (χ0) is 12.3. The second-order valence-corrected chi connectivity index (χ2v) is 2.63. The lowest BCUT2D eigenvalue weighted by Crippen LogP contribution is -2.17. The van der Waals surface area contributed by atoms with Crippen molar-refractivity contribution < 1.29 is 22.8 Å². The van der Waals surface area contributed by atoms with Crippen LogP contribution in [0.25, 0.3) is 0 Å². The fraction of sp³-hybridized carbons (Fsp3) is 0.143. The molecule has 1 aromatic carbocycles. The highest BCUT2D eigenvalue weighted by Crippen LogP contribution is 2.30. The lowest BCUT2D eigenvalue weighted by molar-refractivity contribution is -0.384. The zero-order valence-electron chi connectivity index (χ0n) is 8.02. The van der Waals surface area contributed by atoms with Crippen LogP contribution in [0.2, 0.25) is 0 Å². The van der Waals surface area contributed by atoms with Crippen LogP contribution < -0.4 is 16.0 Å². The summed E-state index contributed by atoms with van der Waals surface area (Å²) in [7, 11) is 0. The standard InChI is InChI=1S/C7H6F3N3O3.ClH/c8-7(9,10)16-4-1-2-6(13(14)15)5(3-4)12-11;/h1-3,12H,11H2;1H. The molecule has 0 radical (unpaired) electrons. The number of rotatable bonds is 3. The van der Waals surface area contributed by atoms with Gasteiger partial charge in [0.2, 0.25) is 0 Å². The summed E-state index contributed by atoms with van der Waals surface area (Å²) < 4.78 is 39.0. The van der Waals surface area contributed by atoms with Gasteiger partial charge in [-0.15, -0.1) is 25.6 Å². The Labute approximate surface area is 99.1 Å². The molecular formula is C7H7ClF3N3O3. The second kappa shape index (κ2) is 5.55. The molecule has 10 heteroatoms. The van der Waals surface area contributed by atoms with Gasteiger partial charge in [-0.2, -0.15) is 0 Å². The number of nitrogens with zero attached hydrogens (tertiary/aromatic N) is 1. The van der Waals surface area contributed by atoms with E-state index in [0.717, 1.165) is 18.2 Å². The number of ether oxygens (including phenoxy) is 1. The molecule has 1 aromatic rings. The quantitative estimate of drug-likeness (QED) is 0.500. The maximum absolute atomic E-state index is 11.8. The van der Waals surface area contributed by atoms with Crippen LogP contribution in [0.1, 0.15) is 0 Å². The van der Waals surface area contributed by atoms with Gasteiger partial charge in [0.1, 0.15) is 11.4 Å². The SMILES string of the molecule is Cl.NNc1cc(OC(F)(F)F)ccc1[N+](=O)[O-]. The third-order valence-electron chi connectivity index (χ3n) is 1.55. The van der Waals surface area contributed by atoms with E-state index in [1.807, 2.05) is 5.43 Å². The van der Waals surface area contributed by atoms with Gasteiger partial charge in [0.25, 0.3) is 5.69 Å². The average molecular weight is 274 g/mol. The molecule has 0 bridgehead atoms. The number of alkyl halides is 3. The summed E-state index contributed by atoms with van der Waals surface area (Å²) in [4.78, 5) is 9.64. The number of nitrogens with two attached hydrogens (primary N) is 1. The molecule has 17 heavy (non-hydrogen) atoms. The Morgan fingerprint density at radius 2 is 2.00 bits per heavy atom. The Bertz CT molecular complexity index is 413. The van der Waals surface area contributed by atoms with E-state index >= 15 is 0 Å². The van der Waals surface area contributed by atoms with E-state index < -0.39 is 22.7 Å². The topological polar surface area (TPSA) is 90.4 Å². The third-order valence-corrected chi connectivity index (χ3v) is 1.55. The van der Waals surface area contributed by atoms with Crippen LogP contribution in [0.4, 0.5) is 24.5 Å². The van der Waals surface area contributed by atoms with Crippen LogP contribution in [0.5, 0.6) is 5.75 Å². The fourth-order valence-electron chi connectivity index (χ4n) is 0.987. The van der Waals surface area contributed by atoms with Crippen molar-refractivity contribution in [2.45, 2.75) is 6.36 Å². The monoisotopic (exact) mass is 273 g/mol. The Kier molecular flexibility index (Phi) is 4.98. The van der Waals surface area contributed by atoms with Crippen molar-refractivity contribution in [2.24, 2.45) is 5.84 Å². The Hall–Kier alpha value is -1.74. The normalized spacial score (nSPS) is 10.4. The average Bonchev–Trinajstić information content (AvgIpc) is 2.14. The summed E-state index contributed by atoms with van der Waals surface area (Å²) in [6.07, 6.45) is -4.86. The van der Waals surface area contributed by atoms with Gasteiger partial charge in [-0.05, 0) is 6.07 Å². The number of nitro benzene ring substituents is 1. The molecule has 0 aromatic heterocycles. The lowest BCUT2D eigenvalue weighted by Gasteiger charge is -2.09. The van der Waals surface area contributed by atoms with E-state index in [2.05, 4.69) is 4.74 Å². The van der Waals surface area contributed by atoms with Crippen molar-refractivity contribution in [1.29, 1.82) is 0 Å². The number of hydrazine groups is 1. The Morgan fingerprint density at radius 3 is 2.41 bits per heavy atom. The highest BCUT2D eigenvalue weighted by molar-refractivity contribution is 5.85. The van der Waals surface area contributed by atoms with Crippen LogP contribution in [0.15, 0.2) is 18.2 Å². The van der Waals surface area contributed by atoms with E-state index in [0.29, 0.717) is 0 Å². The van der Waals surface area contributed by atoms with E-state index in [4.69, 9.17) is 5.84 Å². The molecule has 0 saturated heterocycles. The molecule has 3 N–H and O–H groups in total. The maximum Gasteiger partial charge on any atom is 0.573 e. The molecule has 0 amide bonds. The number of nitrogens with one attached hydrogen (secondary N) is 1. The molecular weight excluding hydrogens is 267 g/mol. The number of benzene rings is 1. The van der Waals surface area contributed by atoms with Crippen molar-refractivity contribution in [3.8, 4) is 5.75 Å². The smallest absolute Gasteiger partial charge is 0.406 e. The number of halogens is 4. The Morgan fingerprint density at radius 1 is 1.41 bits per heavy atom. The summed E-state index contributed by atoms with van der Waals surface area (Å²) >= 11 is 0. The van der Waals surface area contributed by atoms with Crippen molar-refractivity contribution in [1.82, 2.24) is 0 Å². The molecule has 0 spiro atoms. The molecule has 96 valence electrons. The fourth-order valence-corrected chi connectivity index (χ4v) is 0.987. The van der Waals surface area contributed by atoms with Crippen LogP contribution >= 0.6 is 12.4 Å². The summed E-state index contributed by atoms with van der Waals surface area (Å²) in [6.45, 7) is 0. The van der Waals surface area contributed by atoms with Crippen LogP contribution in [0, 0.1) is 10.1 Å². The minimum absolute atomic E-state index is 0. The lowest BCUT2D eigenvalue weighted by atomic mass is 10.2. The molecule has 0 heterocycles. The first-order chi connectivity index (χ1) is 7.33. The summed E-state index contributed by atoms with van der Waals surface area (Å²) in [5, 5.41) is 10.4. The number of anilines is 1. The zero-order valence-corrected chi connectivity index (χ0v) is 8.84. The number of hydrogen-bond donors (Lipinski definition) is 2. The van der Waals surface area contributed by atoms with Gasteiger partial charge in [0.15, 0.2) is 0 Å². The molecule has 0 unspecified atom stereocenters. The van der Waals surface area contributed by atoms with Gasteiger partial charge in [0.05, 0.1) is 4.92 Å². The minimum Gasteiger partial charge on any atom is -0.406 e. The summed E-state index contributed by atoms with van der Waals surface area (Å²) in [5.74, 6) is 4.34. The van der Waals surface area contributed by atoms with Crippen molar-refractivity contribution in [3.63, 3.8) is 0 Å². The molecule has 0 aliphatic carbocycles. The van der Waals surface area contributed by atoms with Gasteiger partial charge in [0, 0.05) is 12.1 Å². The summed E-state index contributed by atoms with van der Waals surface area (Å²) in [6, 6.07) is 2.47. The molecule has 0 aliphatic heterocycles. The third kappa shape index (κ3) is 4.33. The van der Waals surface area contributed by atoms with Gasteiger partial charge in [-0.3, -0.25) is 16.0 Å². The largest absolute Gasteiger partial charge is 0.573 e. The Balaban J connectivity index is 0.00000256. The van der Waals surface area contributed by atoms with Gasteiger partial charge >= 0.3 is 6.36 Å². The van der Waals surface area contributed by atoms with Crippen LogP contribution in [0.3, 0.4) is 0 Å². The van der Waals surface area contributed by atoms with Gasteiger partial charge < -0.3 is 10.2 Å². The first-order valence-electron chi connectivity index (χ1n) is 3.84. The number of nitrogen functional groups attached to an aromatic ring is 1. The molecule has 0 fully saturated rings. The summed E-state index contributed by atoms with van der Waals surface area (Å²) in [5.41, 5.74) is 1.20. The first kappa shape index (κ1) is 15.3.